The average molecular weight is 435 g/mol. The van der Waals surface area contributed by atoms with E-state index in [2.05, 4.69) is 53.5 Å². The van der Waals surface area contributed by atoms with Gasteiger partial charge in [0.2, 0.25) is 0 Å². The summed E-state index contributed by atoms with van der Waals surface area (Å²) >= 11 is 0. The number of carbonyl (C=O) groups excluding carboxylic acids is 1. The fraction of sp³-hybridized carbons (Fsp3) is 0.500. The summed E-state index contributed by atoms with van der Waals surface area (Å²) in [6.45, 7) is 7.26. The summed E-state index contributed by atoms with van der Waals surface area (Å²) in [5.41, 5.74) is 4.62. The van der Waals surface area contributed by atoms with Crippen LogP contribution in [0, 0.1) is 5.92 Å². The van der Waals surface area contributed by atoms with E-state index in [-0.39, 0.29) is 6.03 Å². The van der Waals surface area contributed by atoms with Gasteiger partial charge in [0.1, 0.15) is 5.75 Å². The molecule has 2 amide bonds. The number of ether oxygens (including phenoxy) is 1. The van der Waals surface area contributed by atoms with Crippen molar-refractivity contribution in [2.45, 2.75) is 65.2 Å². The SMILES string of the molecule is CCOc1ccc(C2CCC(CCc3ccc(C(C)=NC(=O)N(C)CC)cc3)CC2)cc1. The Morgan fingerprint density at radius 1 is 1.00 bits per heavy atom. The summed E-state index contributed by atoms with van der Waals surface area (Å²) < 4.78 is 5.57. The third-order valence-electron chi connectivity index (χ3n) is 6.79. The largest absolute Gasteiger partial charge is 0.494 e. The lowest BCUT2D eigenvalue weighted by Crippen LogP contribution is -2.23. The van der Waals surface area contributed by atoms with Crippen molar-refractivity contribution in [1.82, 2.24) is 4.90 Å². The zero-order valence-corrected chi connectivity index (χ0v) is 20.1. The molecular formula is C28H38N2O2. The maximum absolute atomic E-state index is 12.0. The van der Waals surface area contributed by atoms with E-state index in [1.165, 1.54) is 43.2 Å². The van der Waals surface area contributed by atoms with Gasteiger partial charge in [-0.2, -0.15) is 4.99 Å². The molecule has 2 aromatic rings. The average Bonchev–Trinajstić information content (AvgIpc) is 2.83. The van der Waals surface area contributed by atoms with Gasteiger partial charge in [-0.05, 0) is 100.0 Å². The Bertz CT molecular complexity index is 879. The van der Waals surface area contributed by atoms with E-state index in [4.69, 9.17) is 4.74 Å². The third kappa shape index (κ3) is 6.69. The normalized spacial score (nSPS) is 18.9. The third-order valence-corrected chi connectivity index (χ3v) is 6.79. The van der Waals surface area contributed by atoms with Crippen molar-refractivity contribution >= 4 is 11.7 Å². The van der Waals surface area contributed by atoms with Crippen LogP contribution in [-0.2, 0) is 6.42 Å². The zero-order chi connectivity index (χ0) is 22.9. The van der Waals surface area contributed by atoms with E-state index in [0.29, 0.717) is 12.5 Å². The minimum absolute atomic E-state index is 0.185. The summed E-state index contributed by atoms with van der Waals surface area (Å²) in [6, 6.07) is 17.1. The van der Waals surface area contributed by atoms with Gasteiger partial charge in [-0.15, -0.1) is 0 Å². The van der Waals surface area contributed by atoms with E-state index in [1.54, 1.807) is 11.9 Å². The number of aliphatic imine (C=N–C) groups is 1. The molecule has 0 N–H and O–H groups in total. The quantitative estimate of drug-likeness (QED) is 0.425. The molecule has 4 heteroatoms. The molecule has 2 aromatic carbocycles. The summed E-state index contributed by atoms with van der Waals surface area (Å²) in [5.74, 6) is 2.48. The number of benzene rings is 2. The Hall–Kier alpha value is -2.62. The topological polar surface area (TPSA) is 41.9 Å². The molecule has 0 saturated heterocycles. The summed E-state index contributed by atoms with van der Waals surface area (Å²) in [4.78, 5) is 17.8. The molecule has 1 aliphatic rings. The molecule has 32 heavy (non-hydrogen) atoms. The minimum Gasteiger partial charge on any atom is -0.494 e. The first kappa shape index (κ1) is 24.0. The fourth-order valence-electron chi connectivity index (χ4n) is 4.50. The lowest BCUT2D eigenvalue weighted by atomic mass is 9.77. The number of hydrogen-bond donors (Lipinski definition) is 0. The Labute approximate surface area is 193 Å². The number of carbonyl (C=O) groups is 1. The molecule has 0 heterocycles. The summed E-state index contributed by atoms with van der Waals surface area (Å²) in [7, 11) is 1.77. The number of aryl methyl sites for hydroxylation is 1. The summed E-state index contributed by atoms with van der Waals surface area (Å²) in [5, 5.41) is 0. The Kier molecular flexibility index (Phi) is 8.90. The minimum atomic E-state index is -0.185. The van der Waals surface area contributed by atoms with Gasteiger partial charge in [0, 0.05) is 13.6 Å². The first-order valence-electron chi connectivity index (χ1n) is 12.1. The van der Waals surface area contributed by atoms with Crippen LogP contribution in [0.2, 0.25) is 0 Å². The highest BCUT2D eigenvalue weighted by Gasteiger charge is 2.22. The van der Waals surface area contributed by atoms with Gasteiger partial charge in [-0.3, -0.25) is 0 Å². The van der Waals surface area contributed by atoms with Crippen LogP contribution in [0.4, 0.5) is 4.79 Å². The molecule has 0 aromatic heterocycles. The van der Waals surface area contributed by atoms with Crippen LogP contribution in [0.25, 0.3) is 0 Å². The molecular weight excluding hydrogens is 396 g/mol. The van der Waals surface area contributed by atoms with Gasteiger partial charge in [0.05, 0.1) is 12.3 Å². The van der Waals surface area contributed by atoms with Crippen molar-refractivity contribution in [3.63, 3.8) is 0 Å². The number of amides is 2. The number of urea groups is 1. The number of nitrogens with zero attached hydrogens (tertiary/aromatic N) is 2. The van der Waals surface area contributed by atoms with Crippen molar-refractivity contribution in [3.8, 4) is 5.75 Å². The maximum atomic E-state index is 12.0. The molecule has 4 nitrogen and oxygen atoms in total. The van der Waals surface area contributed by atoms with Crippen molar-refractivity contribution < 1.29 is 9.53 Å². The second-order valence-corrected chi connectivity index (χ2v) is 8.95. The molecule has 0 radical (unpaired) electrons. The fourth-order valence-corrected chi connectivity index (χ4v) is 4.50. The van der Waals surface area contributed by atoms with Gasteiger partial charge in [-0.1, -0.05) is 36.4 Å². The molecule has 1 fully saturated rings. The highest BCUT2D eigenvalue weighted by molar-refractivity contribution is 6.04. The van der Waals surface area contributed by atoms with Crippen LogP contribution < -0.4 is 4.74 Å². The lowest BCUT2D eigenvalue weighted by Gasteiger charge is -2.29. The number of rotatable bonds is 8. The second kappa shape index (κ2) is 11.8. The van der Waals surface area contributed by atoms with Crippen molar-refractivity contribution in [2.24, 2.45) is 10.9 Å². The predicted molar refractivity (Wildman–Crippen MR) is 133 cm³/mol. The Morgan fingerprint density at radius 2 is 1.66 bits per heavy atom. The second-order valence-electron chi connectivity index (χ2n) is 8.95. The molecule has 172 valence electrons. The molecule has 0 spiro atoms. The van der Waals surface area contributed by atoms with Crippen LogP contribution >= 0.6 is 0 Å². The van der Waals surface area contributed by atoms with Gasteiger partial charge in [-0.25, -0.2) is 4.79 Å². The van der Waals surface area contributed by atoms with Gasteiger partial charge < -0.3 is 9.64 Å². The van der Waals surface area contributed by atoms with E-state index in [1.807, 2.05) is 20.8 Å². The van der Waals surface area contributed by atoms with Gasteiger partial charge >= 0.3 is 6.03 Å². The van der Waals surface area contributed by atoms with E-state index < -0.39 is 0 Å². The van der Waals surface area contributed by atoms with E-state index in [0.717, 1.165) is 36.0 Å². The molecule has 0 atom stereocenters. The molecule has 1 aliphatic carbocycles. The highest BCUT2D eigenvalue weighted by Crippen LogP contribution is 2.38. The van der Waals surface area contributed by atoms with Crippen LogP contribution in [-0.4, -0.2) is 36.8 Å². The molecule has 0 unspecified atom stereocenters. The van der Waals surface area contributed by atoms with Crippen LogP contribution in [0.3, 0.4) is 0 Å². The van der Waals surface area contributed by atoms with E-state index in [9.17, 15) is 4.79 Å². The standard InChI is InChI=1S/C28H38N2O2/c1-5-30(4)28(31)29-21(3)24-13-9-22(10-14-24)7-8-23-11-15-25(16-12-23)26-17-19-27(20-18-26)32-6-2/h9-10,13-14,17-20,23,25H,5-8,11-12,15-16H2,1-4H3. The molecule has 1 saturated carbocycles. The van der Waals surface area contributed by atoms with Crippen LogP contribution in [0.1, 0.15) is 75.5 Å². The van der Waals surface area contributed by atoms with Crippen molar-refractivity contribution in [1.29, 1.82) is 0 Å². The first-order chi connectivity index (χ1) is 15.5. The zero-order valence-electron chi connectivity index (χ0n) is 20.1. The molecule has 0 aliphatic heterocycles. The van der Waals surface area contributed by atoms with Crippen molar-refractivity contribution in [2.75, 3.05) is 20.2 Å². The Morgan fingerprint density at radius 3 is 2.25 bits per heavy atom. The van der Waals surface area contributed by atoms with Crippen LogP contribution in [0.5, 0.6) is 5.75 Å². The van der Waals surface area contributed by atoms with E-state index >= 15 is 0 Å². The summed E-state index contributed by atoms with van der Waals surface area (Å²) in [6.07, 6.45) is 7.57. The highest BCUT2D eigenvalue weighted by atomic mass is 16.5. The lowest BCUT2D eigenvalue weighted by molar-refractivity contribution is 0.221. The maximum Gasteiger partial charge on any atom is 0.343 e. The predicted octanol–water partition coefficient (Wildman–Crippen LogP) is 6.87. The Balaban J connectivity index is 1.45. The van der Waals surface area contributed by atoms with Gasteiger partial charge in [0.15, 0.2) is 0 Å². The first-order valence-corrected chi connectivity index (χ1v) is 12.1. The smallest absolute Gasteiger partial charge is 0.343 e. The monoisotopic (exact) mass is 434 g/mol. The molecule has 3 rings (SSSR count). The van der Waals surface area contributed by atoms with Gasteiger partial charge in [0.25, 0.3) is 0 Å². The van der Waals surface area contributed by atoms with Crippen LogP contribution in [0.15, 0.2) is 53.5 Å². The van der Waals surface area contributed by atoms with Crippen molar-refractivity contribution in [3.05, 3.63) is 65.2 Å². The molecule has 0 bridgehead atoms. The number of hydrogen-bond acceptors (Lipinski definition) is 2.